The number of carbonyl (C=O) groups is 3. The van der Waals surface area contributed by atoms with Crippen LogP contribution in [0.4, 0.5) is 4.79 Å². The minimum absolute atomic E-state index is 0.131. The van der Waals surface area contributed by atoms with Crippen molar-refractivity contribution in [1.82, 2.24) is 35.3 Å². The lowest BCUT2D eigenvalue weighted by molar-refractivity contribution is -0.121. The van der Waals surface area contributed by atoms with Crippen LogP contribution in [0.3, 0.4) is 0 Å². The van der Waals surface area contributed by atoms with E-state index in [0.29, 0.717) is 18.0 Å². The second-order valence-electron chi connectivity index (χ2n) is 6.20. The van der Waals surface area contributed by atoms with E-state index in [1.165, 1.54) is 4.90 Å². The van der Waals surface area contributed by atoms with Crippen LogP contribution in [-0.2, 0) is 16.1 Å². The summed E-state index contributed by atoms with van der Waals surface area (Å²) in [5, 5.41) is 19.7. The molecule has 0 bridgehead atoms. The number of nitrogens with one attached hydrogen (secondary N) is 2. The summed E-state index contributed by atoms with van der Waals surface area (Å²) in [5.74, 6) is -0.00210. The van der Waals surface area contributed by atoms with Gasteiger partial charge in [-0.05, 0) is 23.6 Å². The van der Waals surface area contributed by atoms with E-state index in [1.807, 2.05) is 29.6 Å². The predicted octanol–water partition coefficient (Wildman–Crippen LogP) is 0.801. The Morgan fingerprint density at radius 1 is 1.25 bits per heavy atom. The third kappa shape index (κ3) is 3.83. The van der Waals surface area contributed by atoms with E-state index in [4.69, 9.17) is 0 Å². The molecule has 0 unspecified atom stereocenters. The van der Waals surface area contributed by atoms with Crippen molar-refractivity contribution >= 4 is 34.8 Å². The van der Waals surface area contributed by atoms with Crippen molar-refractivity contribution in [1.29, 1.82) is 0 Å². The number of urea groups is 1. The highest BCUT2D eigenvalue weighted by atomic mass is 32.1. The van der Waals surface area contributed by atoms with Crippen LogP contribution < -0.4 is 10.6 Å². The highest BCUT2D eigenvalue weighted by molar-refractivity contribution is 7.13. The molecule has 0 saturated carbocycles. The molecule has 4 heterocycles. The Kier molecular flexibility index (Phi) is 4.98. The summed E-state index contributed by atoms with van der Waals surface area (Å²) in [6.45, 7) is 0.736. The Morgan fingerprint density at radius 2 is 2.14 bits per heavy atom. The van der Waals surface area contributed by atoms with E-state index < -0.39 is 6.03 Å². The molecule has 144 valence electrons. The van der Waals surface area contributed by atoms with Crippen LogP contribution in [0.25, 0.3) is 16.2 Å². The van der Waals surface area contributed by atoms with Crippen molar-refractivity contribution in [2.24, 2.45) is 0 Å². The average molecular weight is 399 g/mol. The molecule has 1 aliphatic rings. The Balaban J connectivity index is 1.36. The maximum absolute atomic E-state index is 12.1. The number of rotatable bonds is 6. The molecule has 3 aromatic rings. The largest absolute Gasteiger partial charge is 0.349 e. The van der Waals surface area contributed by atoms with Gasteiger partial charge in [0.05, 0.1) is 11.4 Å². The van der Waals surface area contributed by atoms with Crippen LogP contribution >= 0.6 is 11.3 Å². The highest BCUT2D eigenvalue weighted by Crippen LogP contribution is 2.22. The fourth-order valence-corrected chi connectivity index (χ4v) is 3.50. The van der Waals surface area contributed by atoms with Gasteiger partial charge in [-0.2, -0.15) is 9.61 Å². The molecule has 11 heteroatoms. The zero-order chi connectivity index (χ0) is 19.5. The van der Waals surface area contributed by atoms with Crippen molar-refractivity contribution < 1.29 is 14.4 Å². The monoisotopic (exact) mass is 399 g/mol. The van der Waals surface area contributed by atoms with Crippen LogP contribution in [0.15, 0.2) is 29.6 Å². The molecule has 1 saturated heterocycles. The first-order valence-corrected chi connectivity index (χ1v) is 9.59. The first kappa shape index (κ1) is 18.0. The maximum Gasteiger partial charge on any atom is 0.324 e. The molecular formula is C17H17N7O3S. The van der Waals surface area contributed by atoms with Crippen molar-refractivity contribution in [3.63, 3.8) is 0 Å². The molecule has 10 nitrogen and oxygen atoms in total. The predicted molar refractivity (Wildman–Crippen MR) is 100 cm³/mol. The zero-order valence-electron chi connectivity index (χ0n) is 14.8. The van der Waals surface area contributed by atoms with E-state index in [2.05, 4.69) is 25.9 Å². The lowest BCUT2D eigenvalue weighted by Gasteiger charge is -2.26. The van der Waals surface area contributed by atoms with Crippen LogP contribution in [0, 0.1) is 0 Å². The van der Waals surface area contributed by atoms with Gasteiger partial charge >= 0.3 is 6.03 Å². The van der Waals surface area contributed by atoms with Crippen LogP contribution in [0.2, 0.25) is 0 Å². The lowest BCUT2D eigenvalue weighted by Crippen LogP contribution is -2.50. The summed E-state index contributed by atoms with van der Waals surface area (Å²) in [6.07, 6.45) is 0.379. The third-order valence-corrected chi connectivity index (χ3v) is 5.19. The van der Waals surface area contributed by atoms with Gasteiger partial charge in [-0.1, -0.05) is 6.07 Å². The molecule has 0 spiro atoms. The van der Waals surface area contributed by atoms with Gasteiger partial charge in [0.25, 0.3) is 0 Å². The van der Waals surface area contributed by atoms with Crippen LogP contribution in [0.5, 0.6) is 0 Å². The van der Waals surface area contributed by atoms with Gasteiger partial charge in [-0.15, -0.1) is 21.5 Å². The first-order chi connectivity index (χ1) is 13.6. The number of carbonyl (C=O) groups excluding carboxylic acids is 3. The first-order valence-electron chi connectivity index (χ1n) is 8.71. The summed E-state index contributed by atoms with van der Waals surface area (Å²) in [5.41, 5.74) is 1.40. The summed E-state index contributed by atoms with van der Waals surface area (Å²) in [7, 11) is 0. The molecule has 1 aliphatic heterocycles. The number of imide groups is 1. The minimum atomic E-state index is -0.460. The van der Waals surface area contributed by atoms with Crippen molar-refractivity contribution in [3.05, 3.63) is 35.5 Å². The summed E-state index contributed by atoms with van der Waals surface area (Å²) in [6, 6.07) is 7.19. The van der Waals surface area contributed by atoms with Gasteiger partial charge in [0, 0.05) is 25.9 Å². The number of amides is 4. The standard InChI is InChI=1S/C17H17N7O3S/c25-15(5-7-23-8-6-16(26)19-17(23)27)18-10-14-21-20-13-4-3-11(22-24(13)14)12-2-1-9-28-12/h1-4,9H,5-8,10H2,(H,18,25)(H,19,26,27). The van der Waals surface area contributed by atoms with Crippen molar-refractivity contribution in [2.45, 2.75) is 19.4 Å². The fourth-order valence-electron chi connectivity index (χ4n) is 2.81. The normalized spacial score (nSPS) is 14.4. The molecule has 0 atom stereocenters. The van der Waals surface area contributed by atoms with E-state index in [9.17, 15) is 14.4 Å². The molecule has 0 aliphatic carbocycles. The molecular weight excluding hydrogens is 382 g/mol. The van der Waals surface area contributed by atoms with Crippen LogP contribution in [-0.4, -0.2) is 55.6 Å². The Bertz CT molecular complexity index is 1030. The Morgan fingerprint density at radius 3 is 2.93 bits per heavy atom. The number of aromatic nitrogens is 4. The van der Waals surface area contributed by atoms with E-state index in [-0.39, 0.29) is 37.7 Å². The molecule has 2 N–H and O–H groups in total. The quantitative estimate of drug-likeness (QED) is 0.632. The molecule has 1 fully saturated rings. The highest BCUT2D eigenvalue weighted by Gasteiger charge is 2.23. The van der Waals surface area contributed by atoms with Crippen molar-refractivity contribution in [3.8, 4) is 10.6 Å². The average Bonchev–Trinajstić information content (AvgIpc) is 3.35. The Hall–Kier alpha value is -3.34. The molecule has 4 amide bonds. The van der Waals surface area contributed by atoms with Gasteiger partial charge in [-0.25, -0.2) is 4.79 Å². The van der Waals surface area contributed by atoms with E-state index in [0.717, 1.165) is 10.6 Å². The van der Waals surface area contributed by atoms with Crippen LogP contribution in [0.1, 0.15) is 18.7 Å². The second-order valence-corrected chi connectivity index (χ2v) is 7.15. The number of fused-ring (bicyclic) bond motifs is 1. The van der Waals surface area contributed by atoms with E-state index >= 15 is 0 Å². The molecule has 0 aromatic carbocycles. The van der Waals surface area contributed by atoms with Gasteiger partial charge in [-0.3, -0.25) is 14.9 Å². The fraction of sp³-hybridized carbons (Fsp3) is 0.294. The van der Waals surface area contributed by atoms with Crippen molar-refractivity contribution in [2.75, 3.05) is 13.1 Å². The smallest absolute Gasteiger partial charge is 0.324 e. The van der Waals surface area contributed by atoms with E-state index in [1.54, 1.807) is 15.9 Å². The number of hydrogen-bond acceptors (Lipinski definition) is 7. The van der Waals surface area contributed by atoms with Gasteiger partial charge in [0.1, 0.15) is 5.69 Å². The minimum Gasteiger partial charge on any atom is -0.349 e. The van der Waals surface area contributed by atoms with Gasteiger partial charge < -0.3 is 10.2 Å². The summed E-state index contributed by atoms with van der Waals surface area (Å²) >= 11 is 1.59. The van der Waals surface area contributed by atoms with Gasteiger partial charge in [0.15, 0.2) is 11.5 Å². The topological polar surface area (TPSA) is 122 Å². The molecule has 3 aromatic heterocycles. The SMILES string of the molecule is O=C(CCN1CCC(=O)NC1=O)NCc1nnc2ccc(-c3cccs3)nn12. The lowest BCUT2D eigenvalue weighted by atomic mass is 10.3. The number of hydrogen-bond donors (Lipinski definition) is 2. The third-order valence-electron chi connectivity index (χ3n) is 4.30. The molecule has 4 rings (SSSR count). The number of thiophene rings is 1. The maximum atomic E-state index is 12.1. The zero-order valence-corrected chi connectivity index (χ0v) is 15.6. The summed E-state index contributed by atoms with van der Waals surface area (Å²) in [4.78, 5) is 37.4. The van der Waals surface area contributed by atoms with Gasteiger partial charge in [0.2, 0.25) is 11.8 Å². The number of nitrogens with zero attached hydrogens (tertiary/aromatic N) is 5. The second kappa shape index (κ2) is 7.72. The molecule has 0 radical (unpaired) electrons. The summed E-state index contributed by atoms with van der Waals surface area (Å²) < 4.78 is 1.61. The molecule has 28 heavy (non-hydrogen) atoms. The Labute approximate surface area is 163 Å².